The summed E-state index contributed by atoms with van der Waals surface area (Å²) >= 11 is 0. The van der Waals surface area contributed by atoms with Gasteiger partial charge in [0.15, 0.2) is 0 Å². The van der Waals surface area contributed by atoms with E-state index in [0.29, 0.717) is 0 Å². The van der Waals surface area contributed by atoms with E-state index < -0.39 is 0 Å². The van der Waals surface area contributed by atoms with Gasteiger partial charge in [0.25, 0.3) is 0 Å². The quantitative estimate of drug-likeness (QED) is 0.252. The first kappa shape index (κ1) is 22.5. The summed E-state index contributed by atoms with van der Waals surface area (Å²) in [6.45, 7) is 4.24. The molecule has 35 heavy (non-hydrogen) atoms. The van der Waals surface area contributed by atoms with Crippen molar-refractivity contribution in [1.29, 1.82) is 0 Å². The lowest BCUT2D eigenvalue weighted by atomic mass is 10.1. The second kappa shape index (κ2) is 9.90. The fraction of sp³-hybridized carbons (Fsp3) is 0.0909. The molecular formula is C33H30N2. The Kier molecular flexibility index (Phi) is 6.36. The highest BCUT2D eigenvalue weighted by atomic mass is 15.1. The maximum absolute atomic E-state index is 2.30. The Bertz CT molecular complexity index is 1320. The van der Waals surface area contributed by atoms with E-state index in [1.54, 1.807) is 0 Å². The smallest absolute Gasteiger partial charge is 0.0463 e. The van der Waals surface area contributed by atoms with Crippen molar-refractivity contribution in [2.75, 3.05) is 16.8 Å². The van der Waals surface area contributed by atoms with Crippen molar-refractivity contribution < 1.29 is 0 Å². The number of hydrogen-bond donors (Lipinski definition) is 0. The van der Waals surface area contributed by atoms with Crippen LogP contribution in [-0.2, 0) is 0 Å². The van der Waals surface area contributed by atoms with Crippen LogP contribution in [0.2, 0.25) is 0 Å². The van der Waals surface area contributed by atoms with E-state index in [1.807, 2.05) is 6.07 Å². The molecule has 0 bridgehead atoms. The molecule has 0 aromatic heterocycles. The van der Waals surface area contributed by atoms with Crippen LogP contribution in [0, 0.1) is 13.8 Å². The van der Waals surface area contributed by atoms with Crippen molar-refractivity contribution in [3.63, 3.8) is 0 Å². The van der Waals surface area contributed by atoms with Crippen LogP contribution in [0.1, 0.15) is 11.1 Å². The van der Waals surface area contributed by atoms with Gasteiger partial charge in [-0.25, -0.2) is 0 Å². The second-order valence-electron chi connectivity index (χ2n) is 8.99. The summed E-state index contributed by atoms with van der Waals surface area (Å²) in [6, 6.07) is 45.4. The predicted octanol–water partition coefficient (Wildman–Crippen LogP) is 9.21. The maximum Gasteiger partial charge on any atom is 0.0463 e. The van der Waals surface area contributed by atoms with Crippen molar-refractivity contribution in [3.8, 4) is 11.1 Å². The van der Waals surface area contributed by atoms with Crippen LogP contribution < -0.4 is 9.80 Å². The molecule has 0 saturated heterocycles. The van der Waals surface area contributed by atoms with Crippen LogP contribution in [0.4, 0.5) is 28.4 Å². The highest BCUT2D eigenvalue weighted by Gasteiger charge is 2.13. The van der Waals surface area contributed by atoms with Crippen LogP contribution in [0.15, 0.2) is 127 Å². The summed E-state index contributed by atoms with van der Waals surface area (Å²) in [6.07, 6.45) is 0. The van der Waals surface area contributed by atoms with Gasteiger partial charge in [-0.1, -0.05) is 77.9 Å². The van der Waals surface area contributed by atoms with Crippen molar-refractivity contribution in [1.82, 2.24) is 0 Å². The number of benzene rings is 5. The highest BCUT2D eigenvalue weighted by Crippen LogP contribution is 2.36. The molecule has 5 aromatic carbocycles. The van der Waals surface area contributed by atoms with E-state index in [2.05, 4.69) is 152 Å². The summed E-state index contributed by atoms with van der Waals surface area (Å²) in [7, 11) is 2.12. The predicted molar refractivity (Wildman–Crippen MR) is 151 cm³/mol. The molecule has 0 unspecified atom stereocenters. The van der Waals surface area contributed by atoms with E-state index in [-0.39, 0.29) is 0 Å². The largest absolute Gasteiger partial charge is 0.345 e. The highest BCUT2D eigenvalue weighted by molar-refractivity contribution is 5.78. The molecule has 2 heteroatoms. The third-order valence-corrected chi connectivity index (χ3v) is 6.44. The standard InChI is InChI=1S/C33H30N2/c1-25-9-15-31(16-10-25)35(32-17-11-26(2)12-18-32)33-23-21-30(22-24-33)34(3)29-19-13-28(14-20-29)27-7-5-4-6-8-27/h4-24H,1-3H3. The molecule has 0 saturated carbocycles. The number of hydrogen-bond acceptors (Lipinski definition) is 2. The Morgan fingerprint density at radius 1 is 0.371 bits per heavy atom. The van der Waals surface area contributed by atoms with Crippen LogP contribution in [-0.4, -0.2) is 7.05 Å². The average molecular weight is 455 g/mol. The summed E-state index contributed by atoms with van der Waals surface area (Å²) in [5, 5.41) is 0. The molecule has 0 amide bonds. The maximum atomic E-state index is 2.30. The molecule has 5 rings (SSSR count). The van der Waals surface area contributed by atoms with Gasteiger partial charge in [0.1, 0.15) is 0 Å². The van der Waals surface area contributed by atoms with Gasteiger partial charge in [-0.2, -0.15) is 0 Å². The number of rotatable bonds is 6. The van der Waals surface area contributed by atoms with Crippen LogP contribution in [0.3, 0.4) is 0 Å². The van der Waals surface area contributed by atoms with Crippen molar-refractivity contribution in [3.05, 3.63) is 139 Å². The minimum absolute atomic E-state index is 1.13. The van der Waals surface area contributed by atoms with Crippen molar-refractivity contribution >= 4 is 28.4 Å². The molecule has 172 valence electrons. The van der Waals surface area contributed by atoms with Gasteiger partial charge in [-0.15, -0.1) is 0 Å². The molecule has 0 aliphatic carbocycles. The first-order valence-corrected chi connectivity index (χ1v) is 12.0. The van der Waals surface area contributed by atoms with Crippen molar-refractivity contribution in [2.24, 2.45) is 0 Å². The minimum atomic E-state index is 1.13. The van der Waals surface area contributed by atoms with E-state index in [0.717, 1.165) is 28.4 Å². The topological polar surface area (TPSA) is 6.48 Å². The molecule has 0 N–H and O–H groups in total. The SMILES string of the molecule is Cc1ccc(N(c2ccc(C)cc2)c2ccc(N(C)c3ccc(-c4ccccc4)cc3)cc2)cc1. The normalized spacial score (nSPS) is 10.7. The van der Waals surface area contributed by atoms with Crippen LogP contribution in [0.5, 0.6) is 0 Å². The minimum Gasteiger partial charge on any atom is -0.345 e. The number of anilines is 5. The summed E-state index contributed by atoms with van der Waals surface area (Å²) in [5.41, 5.74) is 10.7. The van der Waals surface area contributed by atoms with Crippen LogP contribution >= 0.6 is 0 Å². The first-order chi connectivity index (χ1) is 17.1. The van der Waals surface area contributed by atoms with Gasteiger partial charge in [0.05, 0.1) is 0 Å². The van der Waals surface area contributed by atoms with Gasteiger partial charge >= 0.3 is 0 Å². The van der Waals surface area contributed by atoms with E-state index in [9.17, 15) is 0 Å². The summed E-state index contributed by atoms with van der Waals surface area (Å²) in [4.78, 5) is 4.53. The molecule has 0 fully saturated rings. The molecule has 0 radical (unpaired) electrons. The lowest BCUT2D eigenvalue weighted by Gasteiger charge is -2.27. The van der Waals surface area contributed by atoms with Gasteiger partial charge < -0.3 is 9.80 Å². The lowest BCUT2D eigenvalue weighted by Crippen LogP contribution is -2.12. The Balaban J connectivity index is 1.42. The third-order valence-electron chi connectivity index (χ3n) is 6.44. The summed E-state index contributed by atoms with van der Waals surface area (Å²) in [5.74, 6) is 0. The van der Waals surface area contributed by atoms with Crippen molar-refractivity contribution in [2.45, 2.75) is 13.8 Å². The lowest BCUT2D eigenvalue weighted by molar-refractivity contribution is 1.20. The Morgan fingerprint density at radius 2 is 0.714 bits per heavy atom. The van der Waals surface area contributed by atoms with Gasteiger partial charge in [-0.05, 0) is 85.6 Å². The first-order valence-electron chi connectivity index (χ1n) is 12.0. The zero-order valence-corrected chi connectivity index (χ0v) is 20.5. The molecule has 5 aromatic rings. The van der Waals surface area contributed by atoms with E-state index in [4.69, 9.17) is 0 Å². The fourth-order valence-corrected chi connectivity index (χ4v) is 4.32. The van der Waals surface area contributed by atoms with Crippen LogP contribution in [0.25, 0.3) is 11.1 Å². The molecule has 2 nitrogen and oxygen atoms in total. The van der Waals surface area contributed by atoms with Gasteiger partial charge in [0.2, 0.25) is 0 Å². The Morgan fingerprint density at radius 3 is 1.17 bits per heavy atom. The average Bonchev–Trinajstić information content (AvgIpc) is 2.91. The van der Waals surface area contributed by atoms with Gasteiger partial charge in [0, 0.05) is 35.5 Å². The zero-order chi connectivity index (χ0) is 24.2. The molecule has 0 spiro atoms. The van der Waals surface area contributed by atoms with Gasteiger partial charge in [-0.3, -0.25) is 0 Å². The molecule has 0 aliphatic rings. The third kappa shape index (κ3) is 4.97. The Hall–Kier alpha value is -4.30. The molecule has 0 aliphatic heterocycles. The fourth-order valence-electron chi connectivity index (χ4n) is 4.32. The van der Waals surface area contributed by atoms with E-state index >= 15 is 0 Å². The molecule has 0 heterocycles. The molecular weight excluding hydrogens is 424 g/mol. The number of nitrogens with zero attached hydrogens (tertiary/aromatic N) is 2. The monoisotopic (exact) mass is 454 g/mol. The molecule has 0 atom stereocenters. The zero-order valence-electron chi connectivity index (χ0n) is 20.5. The Labute approximate surface area is 208 Å². The number of aryl methyl sites for hydroxylation is 2. The second-order valence-corrected chi connectivity index (χ2v) is 8.99. The summed E-state index contributed by atoms with van der Waals surface area (Å²) < 4.78 is 0. The van der Waals surface area contributed by atoms with E-state index in [1.165, 1.54) is 22.3 Å².